The smallest absolute Gasteiger partial charge is 0.178 e. The van der Waals surface area contributed by atoms with Crippen LogP contribution in [-0.2, 0) is 6.61 Å². The second-order valence-electron chi connectivity index (χ2n) is 11.4. The van der Waals surface area contributed by atoms with E-state index in [0.29, 0.717) is 18.1 Å². The van der Waals surface area contributed by atoms with E-state index in [-0.39, 0.29) is 6.04 Å². The summed E-state index contributed by atoms with van der Waals surface area (Å²) in [4.78, 5) is 4.97. The highest BCUT2D eigenvalue weighted by atomic mass is 16.5. The van der Waals surface area contributed by atoms with Crippen LogP contribution < -0.4 is 9.47 Å². The Morgan fingerprint density at radius 1 is 0.800 bits per heavy atom. The Bertz CT molecular complexity index is 1690. The molecule has 1 atom stereocenters. The lowest BCUT2D eigenvalue weighted by Gasteiger charge is -2.38. The molecule has 4 aromatic carbocycles. The fourth-order valence-electron chi connectivity index (χ4n) is 6.00. The second kappa shape index (κ2) is 14.3. The molecule has 1 aliphatic heterocycles. The maximum atomic E-state index is 6.20. The number of ether oxygens (including phenoxy) is 2. The van der Waals surface area contributed by atoms with Crippen LogP contribution >= 0.6 is 0 Å². The second-order valence-corrected chi connectivity index (χ2v) is 11.4. The Morgan fingerprint density at radius 2 is 1.51 bits per heavy atom. The zero-order valence-corrected chi connectivity index (χ0v) is 26.2. The Morgan fingerprint density at radius 3 is 2.22 bits per heavy atom. The molecule has 0 amide bonds. The van der Waals surface area contributed by atoms with Crippen LogP contribution in [0, 0.1) is 13.8 Å². The van der Waals surface area contributed by atoms with Gasteiger partial charge in [-0.15, -0.1) is 5.10 Å². The van der Waals surface area contributed by atoms with Crippen molar-refractivity contribution in [2.75, 3.05) is 39.8 Å². The Kier molecular flexibility index (Phi) is 9.63. The van der Waals surface area contributed by atoms with Gasteiger partial charge in [0, 0.05) is 32.7 Å². The molecule has 2 heterocycles. The zero-order valence-electron chi connectivity index (χ0n) is 26.2. The van der Waals surface area contributed by atoms with Crippen LogP contribution in [-0.4, -0.2) is 69.8 Å². The molecule has 0 bridgehead atoms. The molecule has 5 aromatic rings. The summed E-state index contributed by atoms with van der Waals surface area (Å²) < 4.78 is 14.0. The number of aryl methyl sites for hydroxylation is 2. The minimum atomic E-state index is -0.182. The SMILES string of the molecule is COc1cc(C(c2nnnn2-c2c(C)cccc2C)N2CCN(C/C=C/c3ccccc3)CC2)ccc1OCc1ccccc1. The van der Waals surface area contributed by atoms with Crippen molar-refractivity contribution >= 4 is 6.08 Å². The highest BCUT2D eigenvalue weighted by molar-refractivity contribution is 5.50. The molecule has 45 heavy (non-hydrogen) atoms. The molecule has 1 aromatic heterocycles. The van der Waals surface area contributed by atoms with Crippen molar-refractivity contribution < 1.29 is 9.47 Å². The number of aromatic nitrogens is 4. The van der Waals surface area contributed by atoms with Gasteiger partial charge in [0.1, 0.15) is 6.61 Å². The summed E-state index contributed by atoms with van der Waals surface area (Å²) in [7, 11) is 1.69. The number of hydrogen-bond donors (Lipinski definition) is 0. The predicted molar refractivity (Wildman–Crippen MR) is 178 cm³/mol. The third kappa shape index (κ3) is 7.14. The van der Waals surface area contributed by atoms with Crippen LogP contribution in [0.2, 0.25) is 0 Å². The first-order valence-electron chi connectivity index (χ1n) is 15.5. The number of piperazine rings is 1. The van der Waals surface area contributed by atoms with Crippen LogP contribution in [0.15, 0.2) is 103 Å². The molecule has 8 nitrogen and oxygen atoms in total. The Labute approximate surface area is 265 Å². The largest absolute Gasteiger partial charge is 0.493 e. The van der Waals surface area contributed by atoms with Gasteiger partial charge in [0.25, 0.3) is 0 Å². The Hall–Kier alpha value is -4.79. The minimum Gasteiger partial charge on any atom is -0.493 e. The van der Waals surface area contributed by atoms with Gasteiger partial charge in [-0.3, -0.25) is 9.80 Å². The molecule has 0 aliphatic carbocycles. The fraction of sp³-hybridized carbons (Fsp3) is 0.270. The first-order chi connectivity index (χ1) is 22.1. The molecular formula is C37H40N6O2. The first-order valence-corrected chi connectivity index (χ1v) is 15.5. The number of para-hydroxylation sites is 1. The molecular weight excluding hydrogens is 560 g/mol. The van der Waals surface area contributed by atoms with Crippen molar-refractivity contribution in [1.29, 1.82) is 0 Å². The number of rotatable bonds is 11. The third-order valence-corrected chi connectivity index (χ3v) is 8.38. The molecule has 0 spiro atoms. The van der Waals surface area contributed by atoms with E-state index in [1.165, 1.54) is 5.56 Å². The highest BCUT2D eigenvalue weighted by Gasteiger charge is 2.32. The Balaban J connectivity index is 1.28. The number of hydrogen-bond acceptors (Lipinski definition) is 7. The average Bonchev–Trinajstić information content (AvgIpc) is 3.54. The van der Waals surface area contributed by atoms with Crippen LogP contribution in [0.3, 0.4) is 0 Å². The predicted octanol–water partition coefficient (Wildman–Crippen LogP) is 6.29. The summed E-state index contributed by atoms with van der Waals surface area (Å²) in [5.41, 5.74) is 6.64. The average molecular weight is 601 g/mol. The van der Waals surface area contributed by atoms with Gasteiger partial charge in [-0.1, -0.05) is 97.1 Å². The lowest BCUT2D eigenvalue weighted by atomic mass is 10.0. The van der Waals surface area contributed by atoms with Crippen molar-refractivity contribution in [3.63, 3.8) is 0 Å². The van der Waals surface area contributed by atoms with Gasteiger partial charge < -0.3 is 9.47 Å². The van der Waals surface area contributed by atoms with E-state index in [2.05, 4.69) is 118 Å². The van der Waals surface area contributed by atoms with E-state index in [9.17, 15) is 0 Å². The summed E-state index contributed by atoms with van der Waals surface area (Å²) >= 11 is 0. The van der Waals surface area contributed by atoms with Gasteiger partial charge in [0.05, 0.1) is 18.8 Å². The van der Waals surface area contributed by atoms with Crippen molar-refractivity contribution in [1.82, 2.24) is 30.0 Å². The minimum absolute atomic E-state index is 0.182. The maximum absolute atomic E-state index is 6.20. The summed E-state index contributed by atoms with van der Waals surface area (Å²) in [5.74, 6) is 2.17. The lowest BCUT2D eigenvalue weighted by Crippen LogP contribution is -2.48. The molecule has 0 N–H and O–H groups in total. The topological polar surface area (TPSA) is 68.5 Å². The van der Waals surface area contributed by atoms with E-state index in [0.717, 1.165) is 66.5 Å². The number of methoxy groups -OCH3 is 1. The number of benzene rings is 4. The molecule has 0 saturated carbocycles. The zero-order chi connectivity index (χ0) is 31.0. The monoisotopic (exact) mass is 600 g/mol. The van der Waals surface area contributed by atoms with E-state index >= 15 is 0 Å². The maximum Gasteiger partial charge on any atom is 0.178 e. The first kappa shape index (κ1) is 30.2. The van der Waals surface area contributed by atoms with E-state index in [1.807, 2.05) is 35.0 Å². The molecule has 1 aliphatic rings. The van der Waals surface area contributed by atoms with Gasteiger partial charge >= 0.3 is 0 Å². The van der Waals surface area contributed by atoms with Crippen molar-refractivity contribution in [2.45, 2.75) is 26.5 Å². The van der Waals surface area contributed by atoms with Gasteiger partial charge in [-0.05, 0) is 64.2 Å². The van der Waals surface area contributed by atoms with Crippen molar-refractivity contribution in [3.8, 4) is 17.2 Å². The number of nitrogens with zero attached hydrogens (tertiary/aromatic N) is 6. The molecule has 230 valence electrons. The van der Waals surface area contributed by atoms with E-state index in [1.54, 1.807) is 7.11 Å². The van der Waals surface area contributed by atoms with E-state index < -0.39 is 0 Å². The summed E-state index contributed by atoms with van der Waals surface area (Å²) in [5, 5.41) is 13.3. The van der Waals surface area contributed by atoms with Gasteiger partial charge in [0.15, 0.2) is 17.3 Å². The molecule has 8 heteroatoms. The standard InChI is InChI=1S/C37H40N6O2/c1-28-12-10-13-29(2)35(28)43-37(38-39-40-43)36(42-24-22-41(23-25-42)21-11-18-30-14-6-4-7-15-30)32-19-20-33(34(26-32)44-3)45-27-31-16-8-5-9-17-31/h4-20,26,36H,21-25,27H2,1-3H3/b18-11+. The van der Waals surface area contributed by atoms with E-state index in [4.69, 9.17) is 9.47 Å². The lowest BCUT2D eigenvalue weighted by molar-refractivity contribution is 0.113. The highest BCUT2D eigenvalue weighted by Crippen LogP contribution is 2.36. The van der Waals surface area contributed by atoms with Gasteiger partial charge in [-0.25, -0.2) is 0 Å². The van der Waals surface area contributed by atoms with Gasteiger partial charge in [0.2, 0.25) is 0 Å². The molecule has 0 radical (unpaired) electrons. The quantitative estimate of drug-likeness (QED) is 0.177. The van der Waals surface area contributed by atoms with Gasteiger partial charge in [-0.2, -0.15) is 4.68 Å². The van der Waals surface area contributed by atoms with Crippen molar-refractivity contribution in [2.24, 2.45) is 0 Å². The fourth-order valence-corrected chi connectivity index (χ4v) is 6.00. The van der Waals surface area contributed by atoms with Crippen LogP contribution in [0.25, 0.3) is 11.8 Å². The molecule has 1 fully saturated rings. The summed E-state index contributed by atoms with van der Waals surface area (Å²) in [6.07, 6.45) is 4.45. The number of tetrazole rings is 1. The summed E-state index contributed by atoms with van der Waals surface area (Å²) in [6.45, 7) is 9.21. The van der Waals surface area contributed by atoms with Crippen LogP contribution in [0.1, 0.15) is 39.7 Å². The normalized spacial score (nSPS) is 14.9. The molecule has 1 saturated heterocycles. The van der Waals surface area contributed by atoms with Crippen LogP contribution in [0.4, 0.5) is 0 Å². The van der Waals surface area contributed by atoms with Crippen molar-refractivity contribution in [3.05, 3.63) is 137 Å². The summed E-state index contributed by atoms with van der Waals surface area (Å²) in [6, 6.07) is 32.9. The van der Waals surface area contributed by atoms with Crippen LogP contribution in [0.5, 0.6) is 11.5 Å². The molecule has 6 rings (SSSR count). The third-order valence-electron chi connectivity index (χ3n) is 8.38. The molecule has 1 unspecified atom stereocenters.